The van der Waals surface area contributed by atoms with Crippen LogP contribution < -0.4 is 16.0 Å². The van der Waals surface area contributed by atoms with Crippen LogP contribution in [-0.2, 0) is 4.79 Å². The number of ether oxygens (including phenoxy) is 1. The quantitative estimate of drug-likeness (QED) is 0.510. The molecule has 2 aromatic heterocycles. The summed E-state index contributed by atoms with van der Waals surface area (Å²) >= 11 is 2.57. The predicted octanol–water partition coefficient (Wildman–Crippen LogP) is 3.02. The molecule has 1 atom stereocenters. The van der Waals surface area contributed by atoms with Crippen molar-refractivity contribution in [3.05, 3.63) is 40.0 Å². The Kier molecular flexibility index (Phi) is 5.10. The SMILES string of the molecule is CCC(Sc1nc2scc(-c3cccc(OC)c3)c2c(=O)[nH]1)C(N)=O. The van der Waals surface area contributed by atoms with Crippen LogP contribution >= 0.6 is 23.1 Å². The fraction of sp³-hybridized carbons (Fsp3) is 0.235. The molecule has 0 bridgehead atoms. The van der Waals surface area contributed by atoms with Crippen LogP contribution in [0, 0.1) is 0 Å². The van der Waals surface area contributed by atoms with Gasteiger partial charge in [0.2, 0.25) is 5.91 Å². The monoisotopic (exact) mass is 375 g/mol. The first-order chi connectivity index (χ1) is 12.0. The van der Waals surface area contributed by atoms with Crippen molar-refractivity contribution in [2.75, 3.05) is 7.11 Å². The van der Waals surface area contributed by atoms with E-state index in [1.54, 1.807) is 7.11 Å². The van der Waals surface area contributed by atoms with Gasteiger partial charge in [0.25, 0.3) is 5.56 Å². The van der Waals surface area contributed by atoms with E-state index < -0.39 is 11.2 Å². The number of methoxy groups -OCH3 is 1. The predicted molar refractivity (Wildman–Crippen MR) is 101 cm³/mol. The van der Waals surface area contributed by atoms with E-state index in [0.717, 1.165) is 16.9 Å². The fourth-order valence-corrected chi connectivity index (χ4v) is 4.32. The molecule has 0 saturated heterocycles. The average molecular weight is 375 g/mol. The fourth-order valence-electron chi connectivity index (χ4n) is 2.47. The molecular formula is C17H17N3O3S2. The number of aromatic nitrogens is 2. The number of aromatic amines is 1. The minimum absolute atomic E-state index is 0.231. The van der Waals surface area contributed by atoms with Crippen LogP contribution in [0.3, 0.4) is 0 Å². The lowest BCUT2D eigenvalue weighted by atomic mass is 10.1. The van der Waals surface area contributed by atoms with Crippen LogP contribution in [0.4, 0.5) is 0 Å². The maximum Gasteiger partial charge on any atom is 0.260 e. The van der Waals surface area contributed by atoms with Crippen LogP contribution in [0.25, 0.3) is 21.3 Å². The van der Waals surface area contributed by atoms with E-state index in [1.807, 2.05) is 36.6 Å². The molecule has 0 fully saturated rings. The van der Waals surface area contributed by atoms with Crippen LogP contribution in [0.5, 0.6) is 5.75 Å². The van der Waals surface area contributed by atoms with Crippen LogP contribution in [-0.4, -0.2) is 28.2 Å². The standard InChI is InChI=1S/C17H17N3O3S2/c1-3-12(14(18)21)25-17-19-15(22)13-11(8-24-16(13)20-17)9-5-4-6-10(7-9)23-2/h4-8,12H,3H2,1-2H3,(H2,18,21)(H,19,20,22). The number of thioether (sulfide) groups is 1. The van der Waals surface area contributed by atoms with Crippen molar-refractivity contribution in [3.63, 3.8) is 0 Å². The van der Waals surface area contributed by atoms with Crippen molar-refractivity contribution in [1.82, 2.24) is 9.97 Å². The van der Waals surface area contributed by atoms with E-state index in [2.05, 4.69) is 9.97 Å². The van der Waals surface area contributed by atoms with E-state index >= 15 is 0 Å². The smallest absolute Gasteiger partial charge is 0.260 e. The van der Waals surface area contributed by atoms with E-state index in [0.29, 0.717) is 21.8 Å². The number of nitrogens with one attached hydrogen (secondary N) is 1. The summed E-state index contributed by atoms with van der Waals surface area (Å²) in [6.07, 6.45) is 0.571. The molecule has 3 aromatic rings. The number of hydrogen-bond acceptors (Lipinski definition) is 6. The summed E-state index contributed by atoms with van der Waals surface area (Å²) in [5.41, 5.74) is 6.84. The first kappa shape index (κ1) is 17.5. The van der Waals surface area contributed by atoms with Crippen molar-refractivity contribution in [2.45, 2.75) is 23.8 Å². The Hall–Kier alpha value is -2.32. The maximum atomic E-state index is 12.6. The highest BCUT2D eigenvalue weighted by molar-refractivity contribution is 8.00. The summed E-state index contributed by atoms with van der Waals surface area (Å²) in [7, 11) is 1.60. The van der Waals surface area contributed by atoms with Gasteiger partial charge in [0.05, 0.1) is 17.7 Å². The molecule has 0 aliphatic heterocycles. The van der Waals surface area contributed by atoms with E-state index in [-0.39, 0.29) is 5.56 Å². The second-order valence-corrected chi connectivity index (χ2v) is 7.40. The molecule has 0 aliphatic carbocycles. The Morgan fingerprint density at radius 2 is 2.28 bits per heavy atom. The number of H-pyrrole nitrogens is 1. The largest absolute Gasteiger partial charge is 0.497 e. The molecule has 3 rings (SSSR count). The van der Waals surface area contributed by atoms with Crippen molar-refractivity contribution in [3.8, 4) is 16.9 Å². The lowest BCUT2D eigenvalue weighted by Gasteiger charge is -2.09. The van der Waals surface area contributed by atoms with Gasteiger partial charge in [0.15, 0.2) is 5.16 Å². The summed E-state index contributed by atoms with van der Waals surface area (Å²) in [6, 6.07) is 7.53. The lowest BCUT2D eigenvalue weighted by molar-refractivity contribution is -0.117. The van der Waals surface area contributed by atoms with Gasteiger partial charge < -0.3 is 15.5 Å². The second-order valence-electron chi connectivity index (χ2n) is 5.35. The number of primary amides is 1. The number of benzene rings is 1. The number of hydrogen-bond donors (Lipinski definition) is 2. The summed E-state index contributed by atoms with van der Waals surface area (Å²) < 4.78 is 5.25. The third kappa shape index (κ3) is 3.54. The van der Waals surface area contributed by atoms with Crippen molar-refractivity contribution < 1.29 is 9.53 Å². The molecule has 130 valence electrons. The number of nitrogens with two attached hydrogens (primary N) is 1. The molecule has 1 unspecified atom stereocenters. The molecule has 8 heteroatoms. The third-order valence-electron chi connectivity index (χ3n) is 3.74. The van der Waals surface area contributed by atoms with Crippen molar-refractivity contribution in [2.24, 2.45) is 5.73 Å². The zero-order valence-corrected chi connectivity index (χ0v) is 15.4. The molecule has 6 nitrogen and oxygen atoms in total. The van der Waals surface area contributed by atoms with Crippen molar-refractivity contribution >= 4 is 39.2 Å². The Morgan fingerprint density at radius 3 is 2.96 bits per heavy atom. The summed E-state index contributed by atoms with van der Waals surface area (Å²) in [5.74, 6) is 0.305. The van der Waals surface area contributed by atoms with Gasteiger partial charge in [0.1, 0.15) is 10.6 Å². The number of thiophene rings is 1. The zero-order chi connectivity index (χ0) is 18.0. The van der Waals surface area contributed by atoms with Gasteiger partial charge in [-0.25, -0.2) is 4.98 Å². The highest BCUT2D eigenvalue weighted by atomic mass is 32.2. The average Bonchev–Trinajstić information content (AvgIpc) is 3.04. The van der Waals surface area contributed by atoms with E-state index in [4.69, 9.17) is 10.5 Å². The first-order valence-electron chi connectivity index (χ1n) is 7.65. The number of fused-ring (bicyclic) bond motifs is 1. The summed E-state index contributed by atoms with van der Waals surface area (Å²) in [6.45, 7) is 1.87. The van der Waals surface area contributed by atoms with Gasteiger partial charge in [-0.15, -0.1) is 11.3 Å². The lowest BCUT2D eigenvalue weighted by Crippen LogP contribution is -2.25. The Morgan fingerprint density at radius 1 is 1.48 bits per heavy atom. The summed E-state index contributed by atoms with van der Waals surface area (Å²) in [5, 5.41) is 2.43. The molecule has 3 N–H and O–H groups in total. The van der Waals surface area contributed by atoms with Crippen LogP contribution in [0.1, 0.15) is 13.3 Å². The number of carbonyl (C=O) groups excluding carboxylic acids is 1. The molecule has 25 heavy (non-hydrogen) atoms. The molecule has 0 aliphatic rings. The second kappa shape index (κ2) is 7.28. The highest BCUT2D eigenvalue weighted by Crippen LogP contribution is 2.33. The van der Waals surface area contributed by atoms with Gasteiger partial charge in [-0.2, -0.15) is 0 Å². The van der Waals surface area contributed by atoms with Crippen LogP contribution in [0.2, 0.25) is 0 Å². The minimum Gasteiger partial charge on any atom is -0.497 e. The molecule has 2 heterocycles. The molecule has 0 spiro atoms. The Bertz CT molecular complexity index is 981. The molecule has 0 radical (unpaired) electrons. The number of carbonyl (C=O) groups is 1. The normalized spacial score (nSPS) is 12.2. The summed E-state index contributed by atoms with van der Waals surface area (Å²) in [4.78, 5) is 31.9. The topological polar surface area (TPSA) is 98.1 Å². The van der Waals surface area contributed by atoms with Gasteiger partial charge in [-0.3, -0.25) is 9.59 Å². The number of amides is 1. The van der Waals surface area contributed by atoms with Gasteiger partial charge in [-0.1, -0.05) is 30.8 Å². The maximum absolute atomic E-state index is 12.6. The molecule has 1 amide bonds. The third-order valence-corrected chi connectivity index (χ3v) is 5.88. The van der Waals surface area contributed by atoms with E-state index in [9.17, 15) is 9.59 Å². The molecule has 1 aromatic carbocycles. The van der Waals surface area contributed by atoms with Gasteiger partial charge in [-0.05, 0) is 24.1 Å². The zero-order valence-electron chi connectivity index (χ0n) is 13.7. The first-order valence-corrected chi connectivity index (χ1v) is 9.41. The van der Waals surface area contributed by atoms with Crippen molar-refractivity contribution in [1.29, 1.82) is 0 Å². The highest BCUT2D eigenvalue weighted by Gasteiger charge is 2.18. The Balaban J connectivity index is 2.05. The molecular weight excluding hydrogens is 358 g/mol. The van der Waals surface area contributed by atoms with Gasteiger partial charge >= 0.3 is 0 Å². The van der Waals surface area contributed by atoms with Crippen LogP contribution in [0.15, 0.2) is 39.6 Å². The minimum atomic E-state index is -0.418. The van der Waals surface area contributed by atoms with E-state index in [1.165, 1.54) is 23.1 Å². The molecule has 0 saturated carbocycles. The number of rotatable bonds is 6. The van der Waals surface area contributed by atoms with Gasteiger partial charge in [0, 0.05) is 10.9 Å². The Labute approximate surface area is 152 Å². The number of nitrogens with zero attached hydrogens (tertiary/aromatic N) is 1.